The Morgan fingerprint density at radius 2 is 0.886 bits per heavy atom. The summed E-state index contributed by atoms with van der Waals surface area (Å²) in [6.45, 7) is 0. The second kappa shape index (κ2) is 16.2. The Hall–Kier alpha value is -8.76. The lowest BCUT2D eigenvalue weighted by atomic mass is 9.67. The molecule has 70 heavy (non-hydrogen) atoms. The minimum atomic E-state index is -0.521. The molecule has 0 N–H and O–H groups in total. The van der Waals surface area contributed by atoms with E-state index in [1.54, 1.807) is 0 Å². The zero-order valence-corrected chi connectivity index (χ0v) is 39.0. The average molecular weight is 909 g/mol. The van der Waals surface area contributed by atoms with Gasteiger partial charge < -0.3 is 9.47 Å². The molecule has 3 heteroatoms. The molecule has 0 bridgehead atoms. The molecule has 0 radical (unpaired) electrons. The lowest BCUT2D eigenvalue weighted by Crippen LogP contribution is -2.28. The van der Waals surface area contributed by atoms with E-state index in [0.29, 0.717) is 0 Å². The number of thiophene rings is 1. The van der Waals surface area contributed by atoms with Gasteiger partial charge in [-0.1, -0.05) is 188 Å². The van der Waals surface area contributed by atoms with Gasteiger partial charge in [0.2, 0.25) is 0 Å². The third kappa shape index (κ3) is 6.25. The number of hydrogen-bond acceptors (Lipinski definition) is 2. The first-order valence-electron chi connectivity index (χ1n) is 24.1. The predicted octanol–water partition coefficient (Wildman–Crippen LogP) is 18.3. The van der Waals surface area contributed by atoms with Crippen molar-refractivity contribution in [3.63, 3.8) is 0 Å². The molecule has 0 saturated heterocycles. The van der Waals surface area contributed by atoms with Gasteiger partial charge in [0, 0.05) is 53.7 Å². The summed E-state index contributed by atoms with van der Waals surface area (Å²) in [5.74, 6) is 0. The summed E-state index contributed by atoms with van der Waals surface area (Å²) < 4.78 is 5.07. The van der Waals surface area contributed by atoms with Crippen LogP contribution in [0.2, 0.25) is 0 Å². The molecule has 2 heterocycles. The van der Waals surface area contributed by atoms with E-state index < -0.39 is 5.41 Å². The second-order valence-electron chi connectivity index (χ2n) is 18.4. The summed E-state index contributed by atoms with van der Waals surface area (Å²) >= 11 is 1.86. The highest BCUT2D eigenvalue weighted by Gasteiger charge is 2.46. The van der Waals surface area contributed by atoms with Gasteiger partial charge in [0.25, 0.3) is 0 Å². The number of hydrogen-bond donors (Lipinski definition) is 0. The first-order valence-corrected chi connectivity index (χ1v) is 24.9. The van der Waals surface area contributed by atoms with E-state index in [-0.39, 0.29) is 0 Å². The predicted molar refractivity (Wildman–Crippen MR) is 297 cm³/mol. The highest BCUT2D eigenvalue weighted by Crippen LogP contribution is 2.57. The molecule has 0 amide bonds. The third-order valence-corrected chi connectivity index (χ3v) is 15.8. The van der Waals surface area contributed by atoms with Crippen molar-refractivity contribution >= 4 is 70.4 Å². The largest absolute Gasteiger partial charge is 0.310 e. The van der Waals surface area contributed by atoms with Crippen LogP contribution in [-0.4, -0.2) is 4.57 Å². The fourth-order valence-electron chi connectivity index (χ4n) is 11.6. The molecule has 13 aromatic rings. The highest BCUT2D eigenvalue weighted by molar-refractivity contribution is 7.25. The molecular formula is C67H44N2S. The zero-order chi connectivity index (χ0) is 46.2. The molecule has 0 unspecified atom stereocenters. The molecule has 2 aromatic heterocycles. The Balaban J connectivity index is 0.938. The molecule has 14 rings (SSSR count). The van der Waals surface area contributed by atoms with Gasteiger partial charge in [-0.3, -0.25) is 0 Å². The van der Waals surface area contributed by atoms with Gasteiger partial charge in [0.1, 0.15) is 0 Å². The minimum absolute atomic E-state index is 0.521. The van der Waals surface area contributed by atoms with Gasteiger partial charge in [-0.15, -0.1) is 11.3 Å². The molecule has 0 atom stereocenters. The van der Waals surface area contributed by atoms with Crippen LogP contribution >= 0.6 is 11.3 Å². The summed E-state index contributed by atoms with van der Waals surface area (Å²) in [5, 5.41) is 5.09. The van der Waals surface area contributed by atoms with Crippen molar-refractivity contribution in [3.05, 3.63) is 289 Å². The van der Waals surface area contributed by atoms with Gasteiger partial charge in [0.15, 0.2) is 0 Å². The molecule has 2 nitrogen and oxygen atoms in total. The maximum Gasteiger partial charge on any atom is 0.0714 e. The smallest absolute Gasteiger partial charge is 0.0714 e. The van der Waals surface area contributed by atoms with Crippen LogP contribution in [0.3, 0.4) is 0 Å². The van der Waals surface area contributed by atoms with Crippen molar-refractivity contribution in [2.75, 3.05) is 4.90 Å². The van der Waals surface area contributed by atoms with Gasteiger partial charge in [-0.25, -0.2) is 0 Å². The van der Waals surface area contributed by atoms with Gasteiger partial charge in [0.05, 0.1) is 16.4 Å². The zero-order valence-electron chi connectivity index (χ0n) is 38.2. The van der Waals surface area contributed by atoms with Crippen molar-refractivity contribution < 1.29 is 0 Å². The molecule has 0 aliphatic heterocycles. The summed E-state index contributed by atoms with van der Waals surface area (Å²) in [7, 11) is 0. The van der Waals surface area contributed by atoms with E-state index in [1.165, 1.54) is 97.7 Å². The highest BCUT2D eigenvalue weighted by atomic mass is 32.1. The number of para-hydroxylation sites is 1. The average Bonchev–Trinajstić information content (AvgIpc) is 4.08. The van der Waals surface area contributed by atoms with Gasteiger partial charge in [-0.05, 0) is 134 Å². The lowest BCUT2D eigenvalue weighted by Gasteiger charge is -2.35. The number of aromatic nitrogens is 1. The van der Waals surface area contributed by atoms with Crippen LogP contribution in [0.1, 0.15) is 22.3 Å². The molecule has 328 valence electrons. The van der Waals surface area contributed by atoms with Crippen LogP contribution in [-0.2, 0) is 5.41 Å². The number of benzene rings is 11. The molecule has 0 spiro atoms. The van der Waals surface area contributed by atoms with Crippen LogP contribution in [0.15, 0.2) is 267 Å². The molecule has 0 fully saturated rings. The Morgan fingerprint density at radius 1 is 0.314 bits per heavy atom. The Bertz CT molecular complexity index is 4070. The van der Waals surface area contributed by atoms with Crippen molar-refractivity contribution in [2.45, 2.75) is 5.41 Å². The fraction of sp³-hybridized carbons (Fsp3) is 0.0149. The second-order valence-corrected chi connectivity index (χ2v) is 19.5. The van der Waals surface area contributed by atoms with E-state index in [2.05, 4.69) is 276 Å². The summed E-state index contributed by atoms with van der Waals surface area (Å²) in [6, 6.07) is 98.6. The van der Waals surface area contributed by atoms with E-state index >= 15 is 0 Å². The van der Waals surface area contributed by atoms with Gasteiger partial charge >= 0.3 is 0 Å². The normalized spacial score (nSPS) is 12.7. The van der Waals surface area contributed by atoms with Crippen LogP contribution in [0.5, 0.6) is 0 Å². The Morgan fingerprint density at radius 3 is 1.69 bits per heavy atom. The van der Waals surface area contributed by atoms with Crippen LogP contribution < -0.4 is 4.90 Å². The molecule has 0 saturated carbocycles. The summed E-state index contributed by atoms with van der Waals surface area (Å²) in [4.78, 5) is 2.44. The van der Waals surface area contributed by atoms with Crippen molar-refractivity contribution in [1.29, 1.82) is 0 Å². The minimum Gasteiger partial charge on any atom is -0.310 e. The third-order valence-electron chi connectivity index (χ3n) is 14.7. The van der Waals surface area contributed by atoms with Crippen molar-refractivity contribution in [2.24, 2.45) is 0 Å². The molecule has 1 aliphatic rings. The van der Waals surface area contributed by atoms with E-state index in [4.69, 9.17) is 0 Å². The standard InChI is InChI=1S/C67H44N2S/c1-4-17-45(18-5-1)46-31-34-51(35-32-46)68(54-36-38-56-55-25-10-13-28-61(55)67(62(56)44-54,49-20-6-2-7-21-49)50-22-8-3-9-23-50)52-24-16-19-47(41-52)48-33-39-64-59(42-48)57-26-11-14-29-63(57)69(64)53-37-40-66-60(43-53)58-27-12-15-30-65(58)70-66/h1-44H. The van der Waals surface area contributed by atoms with Crippen LogP contribution in [0, 0.1) is 0 Å². The number of anilines is 3. The Labute approximate surface area is 411 Å². The van der Waals surface area contributed by atoms with Crippen molar-refractivity contribution in [3.8, 4) is 39.1 Å². The summed E-state index contributed by atoms with van der Waals surface area (Å²) in [5.41, 5.74) is 18.7. The Kier molecular flexibility index (Phi) is 9.33. The monoisotopic (exact) mass is 908 g/mol. The van der Waals surface area contributed by atoms with Crippen molar-refractivity contribution in [1.82, 2.24) is 4.57 Å². The number of fused-ring (bicyclic) bond motifs is 9. The molecule has 1 aliphatic carbocycles. The van der Waals surface area contributed by atoms with Crippen LogP contribution in [0.4, 0.5) is 17.1 Å². The maximum absolute atomic E-state index is 2.46. The van der Waals surface area contributed by atoms with Crippen LogP contribution in [0.25, 0.3) is 81.0 Å². The summed E-state index contributed by atoms with van der Waals surface area (Å²) in [6.07, 6.45) is 0. The SMILES string of the molecule is c1ccc(-c2ccc(N(c3cccc(-c4ccc5c(c4)c4ccccc4n5-c4ccc5sc6ccccc6c5c4)c3)c3ccc4c(c3)C(c3ccccc3)(c3ccccc3)c3ccccc3-4)cc2)cc1. The number of nitrogens with zero attached hydrogens (tertiary/aromatic N) is 2. The van der Waals surface area contributed by atoms with E-state index in [9.17, 15) is 0 Å². The lowest BCUT2D eigenvalue weighted by molar-refractivity contribution is 0.768. The van der Waals surface area contributed by atoms with E-state index in [1.807, 2.05) is 11.3 Å². The van der Waals surface area contributed by atoms with Gasteiger partial charge in [-0.2, -0.15) is 0 Å². The molecular weight excluding hydrogens is 865 g/mol. The first-order chi connectivity index (χ1) is 34.7. The van der Waals surface area contributed by atoms with E-state index in [0.717, 1.165) is 22.6 Å². The first kappa shape index (κ1) is 40.3. The quantitative estimate of drug-likeness (QED) is 0.147. The molecule has 11 aromatic carbocycles. The number of rotatable bonds is 8. The maximum atomic E-state index is 2.46. The topological polar surface area (TPSA) is 8.17 Å². The fourth-order valence-corrected chi connectivity index (χ4v) is 12.6.